The molecule has 1 N–H and O–H groups in total. The van der Waals surface area contributed by atoms with Gasteiger partial charge in [-0.2, -0.15) is 0 Å². The number of aryl methyl sites for hydroxylation is 3. The number of unbranched alkanes of at least 4 members (excludes halogenated alkanes) is 1. The van der Waals surface area contributed by atoms with Crippen molar-refractivity contribution in [2.45, 2.75) is 45.4 Å². The van der Waals surface area contributed by atoms with Gasteiger partial charge in [-0.25, -0.2) is 13.2 Å². The lowest BCUT2D eigenvalue weighted by atomic mass is 10.0. The number of anilines is 1. The van der Waals surface area contributed by atoms with Crippen molar-refractivity contribution < 1.29 is 22.4 Å². The fourth-order valence-electron chi connectivity index (χ4n) is 4.06. The van der Waals surface area contributed by atoms with E-state index < -0.39 is 16.0 Å². The number of hydrogen-bond acceptors (Lipinski definition) is 5. The molecule has 7 heteroatoms. The highest BCUT2D eigenvalue weighted by molar-refractivity contribution is 7.92. The van der Waals surface area contributed by atoms with Crippen molar-refractivity contribution in [1.29, 1.82) is 0 Å². The molecule has 0 saturated carbocycles. The van der Waals surface area contributed by atoms with Crippen LogP contribution in [0.15, 0.2) is 57.8 Å². The topological polar surface area (TPSA) is 85.6 Å². The number of furan rings is 1. The van der Waals surface area contributed by atoms with E-state index in [1.807, 2.05) is 44.2 Å². The van der Waals surface area contributed by atoms with Crippen molar-refractivity contribution in [2.75, 3.05) is 11.3 Å². The van der Waals surface area contributed by atoms with Crippen molar-refractivity contribution in [3.05, 3.63) is 71.0 Å². The average molecular weight is 466 g/mol. The largest absolute Gasteiger partial charge is 0.462 e. The molecule has 0 bridgehead atoms. The van der Waals surface area contributed by atoms with Crippen molar-refractivity contribution in [3.63, 3.8) is 0 Å². The predicted octanol–water partition coefficient (Wildman–Crippen LogP) is 6.27. The van der Waals surface area contributed by atoms with E-state index in [9.17, 15) is 13.2 Å². The molecule has 0 aliphatic rings. The summed E-state index contributed by atoms with van der Waals surface area (Å²) in [6.45, 7) is 7.74. The van der Waals surface area contributed by atoms with Crippen LogP contribution in [0, 0.1) is 20.8 Å². The highest BCUT2D eigenvalue weighted by Gasteiger charge is 2.24. The summed E-state index contributed by atoms with van der Waals surface area (Å²) in [5.41, 5.74) is 2.87. The van der Waals surface area contributed by atoms with Crippen LogP contribution < -0.4 is 4.72 Å². The first kappa shape index (κ1) is 22.9. The summed E-state index contributed by atoms with van der Waals surface area (Å²) in [7, 11) is -3.86. The van der Waals surface area contributed by atoms with Crippen LogP contribution in [0.2, 0.25) is 0 Å². The molecule has 1 aromatic heterocycles. The fourth-order valence-corrected chi connectivity index (χ4v) is 5.36. The fraction of sp³-hybridized carbons (Fsp3) is 0.269. The van der Waals surface area contributed by atoms with Gasteiger partial charge in [0.15, 0.2) is 0 Å². The smallest absolute Gasteiger partial charge is 0.342 e. The van der Waals surface area contributed by atoms with Gasteiger partial charge in [-0.3, -0.25) is 4.72 Å². The Kier molecular flexibility index (Phi) is 6.17. The molecule has 0 amide bonds. The molecule has 0 spiro atoms. The van der Waals surface area contributed by atoms with E-state index in [2.05, 4.69) is 4.72 Å². The summed E-state index contributed by atoms with van der Waals surface area (Å²) in [5, 5.41) is 1.91. The number of esters is 1. The van der Waals surface area contributed by atoms with E-state index in [0.717, 1.165) is 18.4 Å². The Morgan fingerprint density at radius 2 is 1.73 bits per heavy atom. The predicted molar refractivity (Wildman–Crippen MR) is 130 cm³/mol. The highest BCUT2D eigenvalue weighted by atomic mass is 32.2. The maximum Gasteiger partial charge on any atom is 0.342 e. The summed E-state index contributed by atoms with van der Waals surface area (Å²) < 4.78 is 40.7. The van der Waals surface area contributed by atoms with E-state index in [-0.39, 0.29) is 4.90 Å². The van der Waals surface area contributed by atoms with Crippen LogP contribution in [0.5, 0.6) is 0 Å². The third kappa shape index (κ3) is 4.33. The zero-order chi connectivity index (χ0) is 23.8. The van der Waals surface area contributed by atoms with Crippen LogP contribution in [0.3, 0.4) is 0 Å². The number of hydrogen-bond donors (Lipinski definition) is 1. The molecule has 0 unspecified atom stereocenters. The third-order valence-corrected chi connectivity index (χ3v) is 7.20. The van der Waals surface area contributed by atoms with Gasteiger partial charge in [-0.05, 0) is 44.9 Å². The maximum atomic E-state index is 13.3. The van der Waals surface area contributed by atoms with E-state index in [1.54, 1.807) is 32.0 Å². The second kappa shape index (κ2) is 8.90. The molecule has 0 aliphatic heterocycles. The monoisotopic (exact) mass is 465 g/mol. The second-order valence-electron chi connectivity index (χ2n) is 8.24. The zero-order valence-electron chi connectivity index (χ0n) is 19.2. The maximum absolute atomic E-state index is 13.3. The van der Waals surface area contributed by atoms with Gasteiger partial charge < -0.3 is 9.15 Å². The van der Waals surface area contributed by atoms with Crippen molar-refractivity contribution in [2.24, 2.45) is 0 Å². The molecule has 0 atom stereocenters. The highest BCUT2D eigenvalue weighted by Crippen LogP contribution is 2.38. The Morgan fingerprint density at radius 1 is 1.00 bits per heavy atom. The number of rotatable bonds is 7. The van der Waals surface area contributed by atoms with E-state index in [4.69, 9.17) is 9.15 Å². The Labute approximate surface area is 193 Å². The molecule has 172 valence electrons. The molecule has 0 aliphatic carbocycles. The van der Waals surface area contributed by atoms with Crippen LogP contribution in [0.25, 0.3) is 21.7 Å². The van der Waals surface area contributed by atoms with E-state index in [0.29, 0.717) is 50.9 Å². The normalized spacial score (nSPS) is 11.8. The Balaban J connectivity index is 1.87. The minimum atomic E-state index is -3.86. The van der Waals surface area contributed by atoms with Gasteiger partial charge in [0.25, 0.3) is 10.0 Å². The number of fused-ring (bicyclic) bond motifs is 3. The molecule has 6 nitrogen and oxygen atoms in total. The molecule has 33 heavy (non-hydrogen) atoms. The van der Waals surface area contributed by atoms with Crippen molar-refractivity contribution in [1.82, 2.24) is 0 Å². The minimum absolute atomic E-state index is 0.208. The van der Waals surface area contributed by atoms with E-state index in [1.165, 1.54) is 0 Å². The number of benzene rings is 3. The van der Waals surface area contributed by atoms with Crippen molar-refractivity contribution >= 4 is 43.4 Å². The summed E-state index contributed by atoms with van der Waals surface area (Å²) in [6.07, 6.45) is 1.68. The average Bonchev–Trinajstić information content (AvgIpc) is 3.09. The van der Waals surface area contributed by atoms with Crippen LogP contribution in [-0.4, -0.2) is 21.0 Å². The van der Waals surface area contributed by atoms with Crippen molar-refractivity contribution in [3.8, 4) is 0 Å². The summed E-state index contributed by atoms with van der Waals surface area (Å²) in [4.78, 5) is 13.0. The molecule has 0 saturated heterocycles. The van der Waals surface area contributed by atoms with Crippen LogP contribution >= 0.6 is 0 Å². The Morgan fingerprint density at radius 3 is 2.42 bits per heavy atom. The molecule has 4 rings (SSSR count). The van der Waals surface area contributed by atoms with E-state index >= 15 is 0 Å². The molecule has 4 aromatic rings. The first-order chi connectivity index (χ1) is 15.7. The minimum Gasteiger partial charge on any atom is -0.462 e. The molecule has 3 aromatic carbocycles. The van der Waals surface area contributed by atoms with Gasteiger partial charge in [-0.1, -0.05) is 55.3 Å². The first-order valence-corrected chi connectivity index (χ1v) is 12.4. The second-order valence-corrected chi connectivity index (χ2v) is 9.89. The first-order valence-electron chi connectivity index (χ1n) is 10.9. The quantitative estimate of drug-likeness (QED) is 0.257. The number of carbonyl (C=O) groups excluding carboxylic acids is 1. The summed E-state index contributed by atoms with van der Waals surface area (Å²) in [5.74, 6) is -0.0378. The molecular weight excluding hydrogens is 438 g/mol. The Hall–Kier alpha value is -3.32. The number of sulfonamides is 1. The molecule has 0 fully saturated rings. The zero-order valence-corrected chi connectivity index (χ0v) is 20.0. The Bertz CT molecular complexity index is 1470. The van der Waals surface area contributed by atoms with Crippen LogP contribution in [-0.2, 0) is 14.8 Å². The number of ether oxygens (including phenoxy) is 1. The van der Waals surface area contributed by atoms with Crippen LogP contribution in [0.1, 0.15) is 47.0 Å². The van der Waals surface area contributed by atoms with Crippen LogP contribution in [0.4, 0.5) is 5.69 Å². The summed E-state index contributed by atoms with van der Waals surface area (Å²) >= 11 is 0. The standard InChI is InChI=1S/C26H27NO5S/c1-5-6-13-31-26(28)24-18(4)32-25-20-10-8-7-9-19(20)22(15-21(24)25)27-33(29,30)23-12-11-16(2)14-17(23)3/h7-12,14-15,27H,5-6,13H2,1-4H3. The van der Waals surface area contributed by atoms with Gasteiger partial charge in [0.05, 0.1) is 17.2 Å². The lowest BCUT2D eigenvalue weighted by Crippen LogP contribution is -2.14. The van der Waals surface area contributed by atoms with Gasteiger partial charge in [-0.15, -0.1) is 0 Å². The summed E-state index contributed by atoms with van der Waals surface area (Å²) in [6, 6.07) is 14.2. The number of nitrogens with one attached hydrogen (secondary N) is 1. The van der Waals surface area contributed by atoms with Gasteiger partial charge in [0.2, 0.25) is 0 Å². The lowest BCUT2D eigenvalue weighted by molar-refractivity contribution is 0.0500. The molecule has 0 radical (unpaired) electrons. The van der Waals surface area contributed by atoms with Gasteiger partial charge in [0, 0.05) is 16.2 Å². The number of carbonyl (C=O) groups is 1. The SMILES string of the molecule is CCCCOC(=O)c1c(C)oc2c1cc(NS(=O)(=O)c1ccc(C)cc1C)c1ccccc12. The third-order valence-electron chi connectivity index (χ3n) is 5.67. The molecular formula is C26H27NO5S. The molecule has 1 heterocycles. The van der Waals surface area contributed by atoms with Gasteiger partial charge >= 0.3 is 5.97 Å². The lowest BCUT2D eigenvalue weighted by Gasteiger charge is -2.13. The van der Waals surface area contributed by atoms with Gasteiger partial charge in [0.1, 0.15) is 16.9 Å².